The Balaban J connectivity index is 2.10. The van der Waals surface area contributed by atoms with Crippen molar-refractivity contribution < 1.29 is 23.5 Å². The van der Waals surface area contributed by atoms with Crippen LogP contribution in [-0.4, -0.2) is 11.9 Å². The summed E-state index contributed by atoms with van der Waals surface area (Å²) in [5.41, 5.74) is 2.73. The van der Waals surface area contributed by atoms with Gasteiger partial charge in [0.05, 0.1) is 0 Å². The highest BCUT2D eigenvalue weighted by Gasteiger charge is 2.11. The number of rotatable bonds is 6. The second-order valence-corrected chi connectivity index (χ2v) is 5.87. The van der Waals surface area contributed by atoms with Gasteiger partial charge in [-0.3, -0.25) is 0 Å². The molecule has 5 heteroatoms. The molecular weight excluding hydrogens is 335 g/mol. The molecular formula is C21H19FO4. The lowest BCUT2D eigenvalue weighted by Gasteiger charge is -2.09. The zero-order chi connectivity index (χ0) is 19.3. The molecule has 4 nitrogen and oxygen atoms in total. The molecule has 0 bridgehead atoms. The summed E-state index contributed by atoms with van der Waals surface area (Å²) < 4.78 is 24.1. The summed E-state index contributed by atoms with van der Waals surface area (Å²) in [6.45, 7) is 10.2. The third kappa shape index (κ3) is 4.89. The van der Waals surface area contributed by atoms with Crippen LogP contribution in [0.4, 0.5) is 4.39 Å². The van der Waals surface area contributed by atoms with Crippen molar-refractivity contribution in [2.45, 2.75) is 20.5 Å². The van der Waals surface area contributed by atoms with Crippen LogP contribution in [0.5, 0.6) is 5.75 Å². The summed E-state index contributed by atoms with van der Waals surface area (Å²) in [7, 11) is 0. The Kier molecular flexibility index (Phi) is 6.07. The molecule has 0 N–H and O–H groups in total. The summed E-state index contributed by atoms with van der Waals surface area (Å²) in [5.74, 6) is -1.91. The van der Waals surface area contributed by atoms with Gasteiger partial charge in [0.1, 0.15) is 6.61 Å². The van der Waals surface area contributed by atoms with E-state index in [-0.39, 0.29) is 17.9 Å². The van der Waals surface area contributed by atoms with Gasteiger partial charge in [-0.15, -0.1) is 0 Å². The number of hydrogen-bond donors (Lipinski definition) is 0. The van der Waals surface area contributed by atoms with E-state index in [0.29, 0.717) is 11.1 Å². The maximum Gasteiger partial charge on any atom is 0.338 e. The monoisotopic (exact) mass is 354 g/mol. The fourth-order valence-corrected chi connectivity index (χ4v) is 2.02. The van der Waals surface area contributed by atoms with Crippen LogP contribution in [0.2, 0.25) is 0 Å². The van der Waals surface area contributed by atoms with Crippen molar-refractivity contribution in [3.63, 3.8) is 0 Å². The van der Waals surface area contributed by atoms with Gasteiger partial charge >= 0.3 is 11.9 Å². The van der Waals surface area contributed by atoms with Crippen LogP contribution in [0.25, 0.3) is 11.1 Å². The van der Waals surface area contributed by atoms with Gasteiger partial charge in [0.25, 0.3) is 0 Å². The molecule has 0 radical (unpaired) electrons. The molecule has 0 aromatic heterocycles. The fraction of sp³-hybridized carbons (Fsp3) is 0.143. The van der Waals surface area contributed by atoms with Gasteiger partial charge in [-0.05, 0) is 42.7 Å². The minimum absolute atomic E-state index is 0.135. The number of esters is 2. The predicted octanol–water partition coefficient (Wildman–Crippen LogP) is 4.59. The van der Waals surface area contributed by atoms with Crippen molar-refractivity contribution in [3.8, 4) is 16.9 Å². The minimum atomic E-state index is -0.676. The van der Waals surface area contributed by atoms with Crippen LogP contribution >= 0.6 is 0 Å². The molecule has 0 fully saturated rings. The normalized spacial score (nSPS) is 10.1. The molecule has 0 saturated heterocycles. The van der Waals surface area contributed by atoms with Crippen molar-refractivity contribution >= 4 is 11.9 Å². The van der Waals surface area contributed by atoms with Gasteiger partial charge in [0.15, 0.2) is 11.6 Å². The largest absolute Gasteiger partial charge is 0.457 e. The highest BCUT2D eigenvalue weighted by Crippen LogP contribution is 2.26. The molecule has 0 saturated carbocycles. The molecule has 0 amide bonds. The molecule has 2 rings (SSSR count). The maximum absolute atomic E-state index is 14.2. The number of carbonyl (C=O) groups excluding carboxylic acids is 2. The quantitative estimate of drug-likeness (QED) is 0.432. The van der Waals surface area contributed by atoms with E-state index in [1.54, 1.807) is 37.3 Å². The highest BCUT2D eigenvalue weighted by atomic mass is 19.1. The van der Waals surface area contributed by atoms with E-state index >= 15 is 0 Å². The Morgan fingerprint density at radius 1 is 0.923 bits per heavy atom. The Labute approximate surface area is 151 Å². The second kappa shape index (κ2) is 8.25. The first-order chi connectivity index (χ1) is 12.3. The number of ether oxygens (including phenoxy) is 2. The standard InChI is InChI=1S/C21H19FO4/c1-13(2)20(23)25-12-15-5-7-16(8-6-15)17-9-10-19(18(22)11-17)26-21(24)14(3)4/h5-11H,1,3,12H2,2,4H3. The third-order valence-electron chi connectivity index (χ3n) is 3.49. The van der Waals surface area contributed by atoms with Gasteiger partial charge in [0.2, 0.25) is 0 Å². The van der Waals surface area contributed by atoms with Crippen LogP contribution in [0.1, 0.15) is 19.4 Å². The van der Waals surface area contributed by atoms with Crippen molar-refractivity contribution in [2.75, 3.05) is 0 Å². The summed E-state index contributed by atoms with van der Waals surface area (Å²) in [6, 6.07) is 11.5. The molecule has 0 aliphatic carbocycles. The first kappa shape index (κ1) is 19.1. The summed E-state index contributed by atoms with van der Waals surface area (Å²) in [5, 5.41) is 0. The molecule has 26 heavy (non-hydrogen) atoms. The van der Waals surface area contributed by atoms with Crippen LogP contribution in [0.15, 0.2) is 66.8 Å². The van der Waals surface area contributed by atoms with Crippen LogP contribution in [0, 0.1) is 5.82 Å². The molecule has 0 unspecified atom stereocenters. The molecule has 2 aromatic carbocycles. The van der Waals surface area contributed by atoms with Gasteiger partial charge < -0.3 is 9.47 Å². The lowest BCUT2D eigenvalue weighted by molar-refractivity contribution is -0.140. The average molecular weight is 354 g/mol. The topological polar surface area (TPSA) is 52.6 Å². The van der Waals surface area contributed by atoms with Crippen LogP contribution < -0.4 is 4.74 Å². The highest BCUT2D eigenvalue weighted by molar-refractivity contribution is 5.89. The predicted molar refractivity (Wildman–Crippen MR) is 96.9 cm³/mol. The van der Waals surface area contributed by atoms with E-state index in [1.807, 2.05) is 0 Å². The lowest BCUT2D eigenvalue weighted by Crippen LogP contribution is -2.09. The van der Waals surface area contributed by atoms with Gasteiger partial charge in [-0.25, -0.2) is 14.0 Å². The summed E-state index contributed by atoms with van der Waals surface area (Å²) in [4.78, 5) is 22.9. The van der Waals surface area contributed by atoms with E-state index in [2.05, 4.69) is 13.2 Å². The van der Waals surface area contributed by atoms with E-state index in [9.17, 15) is 14.0 Å². The smallest absolute Gasteiger partial charge is 0.338 e. The SMILES string of the molecule is C=C(C)C(=O)OCc1ccc(-c2ccc(OC(=O)C(=C)C)c(F)c2)cc1. The minimum Gasteiger partial charge on any atom is -0.457 e. The number of halogens is 1. The van der Waals surface area contributed by atoms with Gasteiger partial charge in [-0.1, -0.05) is 43.5 Å². The van der Waals surface area contributed by atoms with E-state index in [1.165, 1.54) is 19.1 Å². The van der Waals surface area contributed by atoms with E-state index in [4.69, 9.17) is 9.47 Å². The lowest BCUT2D eigenvalue weighted by atomic mass is 10.0. The van der Waals surface area contributed by atoms with Crippen molar-refractivity contribution in [1.82, 2.24) is 0 Å². The van der Waals surface area contributed by atoms with E-state index in [0.717, 1.165) is 11.1 Å². The zero-order valence-electron chi connectivity index (χ0n) is 14.7. The molecule has 2 aromatic rings. The number of hydrogen-bond acceptors (Lipinski definition) is 4. The third-order valence-corrected chi connectivity index (χ3v) is 3.49. The second-order valence-electron chi connectivity index (χ2n) is 5.87. The van der Waals surface area contributed by atoms with Crippen LogP contribution in [-0.2, 0) is 20.9 Å². The summed E-state index contributed by atoms with van der Waals surface area (Å²) in [6.07, 6.45) is 0. The Morgan fingerprint density at radius 2 is 1.50 bits per heavy atom. The molecule has 0 aliphatic heterocycles. The average Bonchev–Trinajstić information content (AvgIpc) is 2.61. The van der Waals surface area contributed by atoms with Crippen molar-refractivity contribution in [1.29, 1.82) is 0 Å². The molecule has 0 aliphatic rings. The Bertz CT molecular complexity index is 866. The first-order valence-corrected chi connectivity index (χ1v) is 7.87. The summed E-state index contributed by atoms with van der Waals surface area (Å²) >= 11 is 0. The van der Waals surface area contributed by atoms with E-state index < -0.39 is 17.8 Å². The number of carbonyl (C=O) groups is 2. The molecule has 0 atom stereocenters. The Morgan fingerprint density at radius 3 is 2.04 bits per heavy atom. The van der Waals surface area contributed by atoms with Gasteiger partial charge in [0, 0.05) is 11.1 Å². The first-order valence-electron chi connectivity index (χ1n) is 7.87. The van der Waals surface area contributed by atoms with Crippen molar-refractivity contribution in [2.24, 2.45) is 0 Å². The molecule has 0 heterocycles. The number of benzene rings is 2. The zero-order valence-corrected chi connectivity index (χ0v) is 14.7. The molecule has 0 spiro atoms. The van der Waals surface area contributed by atoms with Crippen molar-refractivity contribution in [3.05, 3.63) is 78.1 Å². The fourth-order valence-electron chi connectivity index (χ4n) is 2.02. The molecule has 134 valence electrons. The van der Waals surface area contributed by atoms with Crippen LogP contribution in [0.3, 0.4) is 0 Å². The van der Waals surface area contributed by atoms with Gasteiger partial charge in [-0.2, -0.15) is 0 Å². The Hall–Kier alpha value is -3.21. The maximum atomic E-state index is 14.2.